The number of carbonyl (C=O) groups is 2. The Labute approximate surface area is 200 Å². The fourth-order valence-corrected chi connectivity index (χ4v) is 4.47. The molecule has 2 amide bonds. The van der Waals surface area contributed by atoms with Crippen molar-refractivity contribution in [2.45, 2.75) is 38.6 Å². The van der Waals surface area contributed by atoms with Crippen molar-refractivity contribution in [1.82, 2.24) is 14.7 Å². The molecule has 1 aliphatic heterocycles. The van der Waals surface area contributed by atoms with Gasteiger partial charge < -0.3 is 15.0 Å². The largest absolute Gasteiger partial charge is 0.496 e. The molecule has 7 nitrogen and oxygen atoms in total. The van der Waals surface area contributed by atoms with Crippen molar-refractivity contribution in [3.05, 3.63) is 78.1 Å². The number of rotatable bonds is 9. The number of hydrogen-bond donors (Lipinski definition) is 1. The molecule has 2 heterocycles. The van der Waals surface area contributed by atoms with Gasteiger partial charge in [0.2, 0.25) is 11.8 Å². The Balaban J connectivity index is 1.20. The lowest BCUT2D eigenvalue weighted by Gasteiger charge is -2.32. The summed E-state index contributed by atoms with van der Waals surface area (Å²) in [6.45, 7) is 1.74. The molecule has 1 saturated heterocycles. The van der Waals surface area contributed by atoms with Crippen LogP contribution in [0.5, 0.6) is 5.75 Å². The fourth-order valence-electron chi connectivity index (χ4n) is 4.47. The maximum absolute atomic E-state index is 12.7. The Hall–Kier alpha value is -3.61. The molecule has 34 heavy (non-hydrogen) atoms. The number of benzene rings is 2. The van der Waals surface area contributed by atoms with E-state index >= 15 is 0 Å². The zero-order valence-corrected chi connectivity index (χ0v) is 19.7. The SMILES string of the molecule is COc1ccccc1CCC(=O)Nc1cnn(CC(=O)N2CCC(Cc3ccccc3)CC2)c1. The maximum atomic E-state index is 12.7. The molecule has 3 aromatic rings. The number of methoxy groups -OCH3 is 1. The predicted molar refractivity (Wildman–Crippen MR) is 132 cm³/mol. The highest BCUT2D eigenvalue weighted by Gasteiger charge is 2.23. The van der Waals surface area contributed by atoms with Crippen LogP contribution in [0.1, 0.15) is 30.4 Å². The predicted octanol–water partition coefficient (Wildman–Crippen LogP) is 3.94. The molecule has 1 fully saturated rings. The summed E-state index contributed by atoms with van der Waals surface area (Å²) in [5, 5.41) is 7.12. The summed E-state index contributed by atoms with van der Waals surface area (Å²) >= 11 is 0. The first-order valence-corrected chi connectivity index (χ1v) is 11.9. The van der Waals surface area contributed by atoms with Gasteiger partial charge in [-0.05, 0) is 48.8 Å². The quantitative estimate of drug-likeness (QED) is 0.525. The molecule has 0 bridgehead atoms. The van der Waals surface area contributed by atoms with Crippen LogP contribution in [0.3, 0.4) is 0 Å². The molecule has 0 atom stereocenters. The molecule has 2 aromatic carbocycles. The molecule has 0 saturated carbocycles. The Bertz CT molecular complexity index is 1090. The van der Waals surface area contributed by atoms with E-state index < -0.39 is 0 Å². The van der Waals surface area contributed by atoms with Crippen LogP contribution in [-0.4, -0.2) is 46.7 Å². The number of aryl methyl sites for hydroxylation is 1. The third-order valence-corrected chi connectivity index (χ3v) is 6.36. The van der Waals surface area contributed by atoms with Gasteiger partial charge in [0.05, 0.1) is 19.0 Å². The smallest absolute Gasteiger partial charge is 0.244 e. The van der Waals surface area contributed by atoms with E-state index in [0.717, 1.165) is 43.7 Å². The number of para-hydroxylation sites is 1. The maximum Gasteiger partial charge on any atom is 0.244 e. The van der Waals surface area contributed by atoms with Crippen molar-refractivity contribution in [2.75, 3.05) is 25.5 Å². The van der Waals surface area contributed by atoms with Gasteiger partial charge >= 0.3 is 0 Å². The van der Waals surface area contributed by atoms with Crippen LogP contribution in [-0.2, 0) is 29.0 Å². The lowest BCUT2D eigenvalue weighted by atomic mass is 9.90. The fraction of sp³-hybridized carbons (Fsp3) is 0.370. The number of ether oxygens (including phenoxy) is 1. The summed E-state index contributed by atoms with van der Waals surface area (Å²) in [5.74, 6) is 1.37. The summed E-state index contributed by atoms with van der Waals surface area (Å²) in [7, 11) is 1.63. The van der Waals surface area contributed by atoms with E-state index in [1.165, 1.54) is 5.56 Å². The van der Waals surface area contributed by atoms with E-state index in [-0.39, 0.29) is 18.4 Å². The van der Waals surface area contributed by atoms with Gasteiger partial charge in [-0.15, -0.1) is 0 Å². The van der Waals surface area contributed by atoms with Gasteiger partial charge in [-0.25, -0.2) is 0 Å². The van der Waals surface area contributed by atoms with Gasteiger partial charge in [0, 0.05) is 25.7 Å². The Kier molecular flexibility index (Phi) is 7.96. The van der Waals surface area contributed by atoms with Crippen molar-refractivity contribution in [3.8, 4) is 5.75 Å². The first-order valence-electron chi connectivity index (χ1n) is 11.9. The Morgan fingerprint density at radius 2 is 1.79 bits per heavy atom. The average Bonchev–Trinajstić information content (AvgIpc) is 3.30. The van der Waals surface area contributed by atoms with E-state index in [9.17, 15) is 9.59 Å². The van der Waals surface area contributed by atoms with E-state index in [4.69, 9.17) is 4.74 Å². The van der Waals surface area contributed by atoms with Gasteiger partial charge in [0.25, 0.3) is 0 Å². The molecule has 0 aliphatic carbocycles. The lowest BCUT2D eigenvalue weighted by molar-refractivity contribution is -0.133. The minimum absolute atomic E-state index is 0.0651. The Morgan fingerprint density at radius 3 is 2.56 bits per heavy atom. The zero-order valence-electron chi connectivity index (χ0n) is 19.7. The number of carbonyl (C=O) groups excluding carboxylic acids is 2. The molecule has 1 aromatic heterocycles. The van der Waals surface area contributed by atoms with Crippen LogP contribution < -0.4 is 10.1 Å². The lowest BCUT2D eigenvalue weighted by Crippen LogP contribution is -2.40. The highest BCUT2D eigenvalue weighted by atomic mass is 16.5. The van der Waals surface area contributed by atoms with Gasteiger partial charge in [-0.2, -0.15) is 5.10 Å². The zero-order chi connectivity index (χ0) is 23.8. The Morgan fingerprint density at radius 1 is 1.06 bits per heavy atom. The minimum Gasteiger partial charge on any atom is -0.496 e. The van der Waals surface area contributed by atoms with Crippen molar-refractivity contribution in [1.29, 1.82) is 0 Å². The summed E-state index contributed by atoms with van der Waals surface area (Å²) in [6, 6.07) is 18.2. The molecule has 0 unspecified atom stereocenters. The van der Waals surface area contributed by atoms with E-state index in [1.54, 1.807) is 24.2 Å². The van der Waals surface area contributed by atoms with Crippen LogP contribution in [0.25, 0.3) is 0 Å². The van der Waals surface area contributed by atoms with Crippen molar-refractivity contribution < 1.29 is 14.3 Å². The second-order valence-corrected chi connectivity index (χ2v) is 8.80. The summed E-state index contributed by atoms with van der Waals surface area (Å²) in [6.07, 6.45) is 7.33. The normalized spacial score (nSPS) is 14.1. The number of nitrogens with one attached hydrogen (secondary N) is 1. The summed E-state index contributed by atoms with van der Waals surface area (Å²) in [5.41, 5.74) is 2.95. The molecular weight excluding hydrogens is 428 g/mol. The number of anilines is 1. The number of aromatic nitrogens is 2. The van der Waals surface area contributed by atoms with E-state index in [0.29, 0.717) is 24.4 Å². The first-order chi connectivity index (χ1) is 16.6. The van der Waals surface area contributed by atoms with Gasteiger partial charge in [-0.1, -0.05) is 48.5 Å². The van der Waals surface area contributed by atoms with Crippen molar-refractivity contribution in [2.24, 2.45) is 5.92 Å². The van der Waals surface area contributed by atoms with Crippen molar-refractivity contribution in [3.63, 3.8) is 0 Å². The van der Waals surface area contributed by atoms with Crippen LogP contribution in [0.4, 0.5) is 5.69 Å². The van der Waals surface area contributed by atoms with Gasteiger partial charge in [0.15, 0.2) is 0 Å². The van der Waals surface area contributed by atoms with Crippen LogP contribution in [0.2, 0.25) is 0 Å². The highest BCUT2D eigenvalue weighted by molar-refractivity contribution is 5.90. The standard InChI is InChI=1S/C27H32N4O3/c1-34-25-10-6-5-9-23(25)11-12-26(32)29-24-18-28-31(19-24)20-27(33)30-15-13-22(14-16-30)17-21-7-3-2-4-8-21/h2-10,18-19,22H,11-17,20H2,1H3,(H,29,32). The molecular formula is C27H32N4O3. The van der Waals surface area contributed by atoms with Crippen LogP contribution in [0, 0.1) is 5.92 Å². The van der Waals surface area contributed by atoms with Crippen molar-refractivity contribution >= 4 is 17.5 Å². The molecule has 7 heteroatoms. The first kappa shape index (κ1) is 23.5. The third-order valence-electron chi connectivity index (χ3n) is 6.36. The minimum atomic E-state index is -0.0997. The number of amides is 2. The van der Waals surface area contributed by atoms with Gasteiger partial charge in [0.1, 0.15) is 12.3 Å². The average molecular weight is 461 g/mol. The number of likely N-dealkylation sites (tertiary alicyclic amines) is 1. The molecule has 4 rings (SSSR count). The van der Waals surface area contributed by atoms with Crippen LogP contribution in [0.15, 0.2) is 67.0 Å². The number of hydrogen-bond acceptors (Lipinski definition) is 4. The van der Waals surface area contributed by atoms with E-state index in [1.807, 2.05) is 35.2 Å². The monoisotopic (exact) mass is 460 g/mol. The molecule has 1 N–H and O–H groups in total. The molecule has 1 aliphatic rings. The molecule has 0 spiro atoms. The second kappa shape index (κ2) is 11.5. The topological polar surface area (TPSA) is 76.5 Å². The van der Waals surface area contributed by atoms with Gasteiger partial charge in [-0.3, -0.25) is 14.3 Å². The summed E-state index contributed by atoms with van der Waals surface area (Å²) < 4.78 is 6.93. The second-order valence-electron chi connectivity index (χ2n) is 8.80. The third kappa shape index (κ3) is 6.47. The molecule has 0 radical (unpaired) electrons. The highest BCUT2D eigenvalue weighted by Crippen LogP contribution is 2.22. The van der Waals surface area contributed by atoms with Crippen LogP contribution >= 0.6 is 0 Å². The molecule has 178 valence electrons. The number of nitrogens with zero attached hydrogens (tertiary/aromatic N) is 3. The van der Waals surface area contributed by atoms with E-state index in [2.05, 4.69) is 34.7 Å². The number of piperidine rings is 1. The summed E-state index contributed by atoms with van der Waals surface area (Å²) in [4.78, 5) is 27.0.